The minimum Gasteiger partial charge on any atom is -0.311 e. The average molecular weight is 333 g/mol. The van der Waals surface area contributed by atoms with E-state index in [0.717, 1.165) is 48.0 Å². The maximum Gasteiger partial charge on any atom is 0.323 e. The van der Waals surface area contributed by atoms with Gasteiger partial charge in [-0.1, -0.05) is 18.2 Å². The second-order valence-electron chi connectivity index (χ2n) is 6.07. The van der Waals surface area contributed by atoms with E-state index >= 15 is 0 Å². The van der Waals surface area contributed by atoms with Gasteiger partial charge in [-0.05, 0) is 49.2 Å². The van der Waals surface area contributed by atoms with Crippen LogP contribution in [0.2, 0.25) is 0 Å². The third-order valence-corrected chi connectivity index (χ3v) is 4.29. The maximum absolute atomic E-state index is 12.0. The summed E-state index contributed by atoms with van der Waals surface area (Å²) < 4.78 is 2.19. The number of amides is 2. The van der Waals surface area contributed by atoms with Crippen LogP contribution in [0, 0.1) is 0 Å². The highest BCUT2D eigenvalue weighted by Gasteiger charge is 2.16. The van der Waals surface area contributed by atoms with Gasteiger partial charge in [-0.3, -0.25) is 0 Å². The van der Waals surface area contributed by atoms with E-state index in [1.54, 1.807) is 0 Å². The first-order valence-electron chi connectivity index (χ1n) is 8.45. The zero-order valence-electron chi connectivity index (χ0n) is 13.8. The molecular weight excluding hydrogens is 314 g/mol. The molecule has 0 spiro atoms. The van der Waals surface area contributed by atoms with Gasteiger partial charge in [0.25, 0.3) is 0 Å². The van der Waals surface area contributed by atoms with Gasteiger partial charge < -0.3 is 15.2 Å². The lowest BCUT2D eigenvalue weighted by molar-refractivity contribution is 0.262. The summed E-state index contributed by atoms with van der Waals surface area (Å²) in [6, 6.07) is 16.8. The van der Waals surface area contributed by atoms with Crippen molar-refractivity contribution in [1.82, 2.24) is 14.8 Å². The molecule has 0 aliphatic carbocycles. The first-order chi connectivity index (χ1) is 12.3. The Kier molecular flexibility index (Phi) is 4.16. The summed E-state index contributed by atoms with van der Waals surface area (Å²) in [5, 5.41) is 14.2. The van der Waals surface area contributed by atoms with Crippen LogP contribution in [0.3, 0.4) is 0 Å². The van der Waals surface area contributed by atoms with Crippen molar-refractivity contribution in [3.05, 3.63) is 60.4 Å². The number of benzene rings is 2. The Morgan fingerprint density at radius 2 is 1.60 bits per heavy atom. The Hall–Kier alpha value is -3.15. The van der Waals surface area contributed by atoms with Gasteiger partial charge in [0.05, 0.1) is 0 Å². The molecule has 0 radical (unpaired) electrons. The summed E-state index contributed by atoms with van der Waals surface area (Å²) in [5.74, 6) is 1.96. The van der Waals surface area contributed by atoms with Crippen LogP contribution < -0.4 is 10.6 Å². The number of carbonyl (C=O) groups excluding carboxylic acids is 1. The van der Waals surface area contributed by atoms with E-state index in [2.05, 4.69) is 25.4 Å². The second-order valence-corrected chi connectivity index (χ2v) is 6.07. The molecule has 6 heteroatoms. The van der Waals surface area contributed by atoms with Gasteiger partial charge in [-0.2, -0.15) is 0 Å². The highest BCUT2D eigenvalue weighted by Crippen LogP contribution is 2.24. The van der Waals surface area contributed by atoms with Gasteiger partial charge in [0.2, 0.25) is 0 Å². The van der Waals surface area contributed by atoms with E-state index in [4.69, 9.17) is 0 Å². The molecule has 0 bridgehead atoms. The van der Waals surface area contributed by atoms with Gasteiger partial charge in [-0.25, -0.2) is 4.79 Å². The summed E-state index contributed by atoms with van der Waals surface area (Å²) in [5.41, 5.74) is 2.50. The lowest BCUT2D eigenvalue weighted by Crippen LogP contribution is -2.19. The normalized spacial score (nSPS) is 13.1. The van der Waals surface area contributed by atoms with Crippen LogP contribution in [-0.4, -0.2) is 20.8 Å². The zero-order chi connectivity index (χ0) is 17.1. The van der Waals surface area contributed by atoms with Crippen LogP contribution in [0.25, 0.3) is 11.4 Å². The summed E-state index contributed by atoms with van der Waals surface area (Å²) in [4.78, 5) is 12.0. The molecule has 2 heterocycles. The number of carbonyl (C=O) groups is 1. The molecule has 1 aliphatic heterocycles. The molecule has 2 aromatic carbocycles. The molecule has 4 rings (SSSR count). The van der Waals surface area contributed by atoms with Crippen LogP contribution in [0.5, 0.6) is 0 Å². The number of anilines is 2. The van der Waals surface area contributed by atoms with E-state index in [0.29, 0.717) is 0 Å². The molecule has 0 atom stereocenters. The Labute approximate surface area is 145 Å². The first-order valence-corrected chi connectivity index (χ1v) is 8.45. The summed E-state index contributed by atoms with van der Waals surface area (Å²) in [6.07, 6.45) is 3.33. The molecule has 6 nitrogen and oxygen atoms in total. The molecule has 1 aromatic heterocycles. The smallest absolute Gasteiger partial charge is 0.311 e. The highest BCUT2D eigenvalue weighted by atomic mass is 16.2. The van der Waals surface area contributed by atoms with Gasteiger partial charge in [0, 0.05) is 29.9 Å². The van der Waals surface area contributed by atoms with Crippen molar-refractivity contribution in [3.8, 4) is 11.4 Å². The van der Waals surface area contributed by atoms with Gasteiger partial charge in [-0.15, -0.1) is 10.2 Å². The van der Waals surface area contributed by atoms with Crippen molar-refractivity contribution < 1.29 is 4.79 Å². The van der Waals surface area contributed by atoms with E-state index in [9.17, 15) is 4.79 Å². The number of nitrogens with one attached hydrogen (secondary N) is 2. The monoisotopic (exact) mass is 333 g/mol. The molecule has 0 saturated heterocycles. The molecule has 3 aromatic rings. The number of aromatic nitrogens is 3. The highest BCUT2D eigenvalue weighted by molar-refractivity contribution is 5.99. The lowest BCUT2D eigenvalue weighted by atomic mass is 10.1. The van der Waals surface area contributed by atoms with Crippen molar-refractivity contribution in [2.45, 2.75) is 25.8 Å². The molecule has 2 N–H and O–H groups in total. The van der Waals surface area contributed by atoms with Crippen LogP contribution in [0.15, 0.2) is 54.6 Å². The van der Waals surface area contributed by atoms with E-state index in [1.807, 2.05) is 54.6 Å². The number of rotatable bonds is 3. The van der Waals surface area contributed by atoms with Crippen LogP contribution in [0.4, 0.5) is 16.2 Å². The third-order valence-electron chi connectivity index (χ3n) is 4.29. The Morgan fingerprint density at radius 3 is 2.36 bits per heavy atom. The quantitative estimate of drug-likeness (QED) is 0.763. The summed E-state index contributed by atoms with van der Waals surface area (Å²) in [7, 11) is 0. The fourth-order valence-corrected chi connectivity index (χ4v) is 3.04. The van der Waals surface area contributed by atoms with Crippen molar-refractivity contribution in [1.29, 1.82) is 0 Å². The number of nitrogens with zero attached hydrogens (tertiary/aromatic N) is 3. The predicted octanol–water partition coefficient (Wildman–Crippen LogP) is 3.93. The molecule has 0 unspecified atom stereocenters. The largest absolute Gasteiger partial charge is 0.323 e. The number of aryl methyl sites for hydroxylation is 1. The Bertz CT molecular complexity index is 871. The van der Waals surface area contributed by atoms with E-state index < -0.39 is 0 Å². The Morgan fingerprint density at radius 1 is 0.880 bits per heavy atom. The van der Waals surface area contributed by atoms with Crippen LogP contribution in [-0.2, 0) is 13.0 Å². The second kappa shape index (κ2) is 6.76. The molecule has 1 aliphatic rings. The molecule has 126 valence electrons. The minimum absolute atomic E-state index is 0.265. The summed E-state index contributed by atoms with van der Waals surface area (Å²) in [6.45, 7) is 0.969. The number of urea groups is 1. The van der Waals surface area contributed by atoms with Crippen molar-refractivity contribution >= 4 is 17.4 Å². The molecular formula is C19H19N5O. The van der Waals surface area contributed by atoms with Crippen LogP contribution in [0.1, 0.15) is 18.7 Å². The summed E-state index contributed by atoms with van der Waals surface area (Å²) >= 11 is 0. The van der Waals surface area contributed by atoms with E-state index in [1.165, 1.54) is 6.42 Å². The van der Waals surface area contributed by atoms with Crippen molar-refractivity contribution in [3.63, 3.8) is 0 Å². The van der Waals surface area contributed by atoms with Gasteiger partial charge in [0.1, 0.15) is 5.82 Å². The minimum atomic E-state index is -0.265. The van der Waals surface area contributed by atoms with Crippen molar-refractivity contribution in [2.24, 2.45) is 0 Å². The molecule has 0 saturated carbocycles. The number of hydrogen-bond donors (Lipinski definition) is 2. The van der Waals surface area contributed by atoms with Gasteiger partial charge >= 0.3 is 6.03 Å². The average Bonchev–Trinajstić information content (AvgIpc) is 3.07. The third kappa shape index (κ3) is 3.38. The van der Waals surface area contributed by atoms with E-state index in [-0.39, 0.29) is 6.03 Å². The van der Waals surface area contributed by atoms with Gasteiger partial charge in [0.15, 0.2) is 5.82 Å². The standard InChI is InChI=1S/C19H19N5O/c25-19(20-15-6-2-1-3-7-15)21-16-11-9-14(10-12-16)18-23-22-17-8-4-5-13-24(17)18/h1-3,6-7,9-12H,4-5,8,13H2,(H2,20,21,25). The zero-order valence-corrected chi connectivity index (χ0v) is 13.8. The van der Waals surface area contributed by atoms with Crippen LogP contribution >= 0.6 is 0 Å². The maximum atomic E-state index is 12.0. The number of para-hydroxylation sites is 1. The lowest BCUT2D eigenvalue weighted by Gasteiger charge is -2.14. The molecule has 2 amide bonds. The molecule has 0 fully saturated rings. The SMILES string of the molecule is O=C(Nc1ccccc1)Nc1ccc(-c2nnc3n2CCCC3)cc1. The molecule has 25 heavy (non-hydrogen) atoms. The topological polar surface area (TPSA) is 71.8 Å². The Balaban J connectivity index is 1.45. The fraction of sp³-hybridized carbons (Fsp3) is 0.211. The number of hydrogen-bond acceptors (Lipinski definition) is 3. The predicted molar refractivity (Wildman–Crippen MR) is 97.5 cm³/mol. The number of fused-ring (bicyclic) bond motifs is 1. The first kappa shape index (κ1) is 15.4. The van der Waals surface area contributed by atoms with Crippen molar-refractivity contribution in [2.75, 3.05) is 10.6 Å². The fourth-order valence-electron chi connectivity index (χ4n) is 3.04.